The Balaban J connectivity index is 1.22. The second-order valence-corrected chi connectivity index (χ2v) is 8.05. The van der Waals surface area contributed by atoms with Gasteiger partial charge >= 0.3 is 0 Å². The van der Waals surface area contributed by atoms with E-state index in [1.807, 2.05) is 71.6 Å². The van der Waals surface area contributed by atoms with Gasteiger partial charge in [0.2, 0.25) is 0 Å². The number of rotatable bonds is 3. The molecule has 0 aliphatic carbocycles. The maximum atomic E-state index is 13.1. The van der Waals surface area contributed by atoms with Gasteiger partial charge in [-0.2, -0.15) is 4.68 Å². The number of benzene rings is 3. The Morgan fingerprint density at radius 3 is 2.36 bits per heavy atom. The molecule has 1 saturated heterocycles. The summed E-state index contributed by atoms with van der Waals surface area (Å²) >= 11 is 0. The molecular formula is C25H21N7O. The van der Waals surface area contributed by atoms with E-state index >= 15 is 0 Å². The summed E-state index contributed by atoms with van der Waals surface area (Å²) in [5.74, 6) is 0.809. The molecule has 33 heavy (non-hydrogen) atoms. The second kappa shape index (κ2) is 7.98. The zero-order valence-electron chi connectivity index (χ0n) is 17.9. The first-order chi connectivity index (χ1) is 16.3. The zero-order valence-corrected chi connectivity index (χ0v) is 17.9. The Kier molecular flexibility index (Phi) is 4.68. The average Bonchev–Trinajstić information content (AvgIpc) is 3.33. The Bertz CT molecular complexity index is 1460. The molecule has 0 radical (unpaired) electrons. The summed E-state index contributed by atoms with van der Waals surface area (Å²) in [7, 11) is 0. The molecule has 0 N–H and O–H groups in total. The predicted octanol–water partition coefficient (Wildman–Crippen LogP) is 3.33. The molecule has 0 bridgehead atoms. The summed E-state index contributed by atoms with van der Waals surface area (Å²) in [6.07, 6.45) is 1.55. The molecule has 6 rings (SSSR count). The van der Waals surface area contributed by atoms with Crippen molar-refractivity contribution in [2.45, 2.75) is 0 Å². The summed E-state index contributed by atoms with van der Waals surface area (Å²) in [5.41, 5.74) is 2.95. The lowest BCUT2D eigenvalue weighted by atomic mass is 10.1. The van der Waals surface area contributed by atoms with Crippen LogP contribution in [-0.2, 0) is 0 Å². The number of fused-ring (bicyclic) bond motifs is 2. The van der Waals surface area contributed by atoms with Gasteiger partial charge in [-0.25, -0.2) is 9.97 Å². The van der Waals surface area contributed by atoms with E-state index in [1.165, 1.54) is 0 Å². The molecule has 0 atom stereocenters. The number of piperazine rings is 1. The van der Waals surface area contributed by atoms with Crippen molar-refractivity contribution >= 4 is 33.7 Å². The van der Waals surface area contributed by atoms with Crippen molar-refractivity contribution in [3.8, 4) is 5.69 Å². The number of amides is 1. The Labute approximate surface area is 190 Å². The van der Waals surface area contributed by atoms with Crippen LogP contribution in [0.1, 0.15) is 10.4 Å². The van der Waals surface area contributed by atoms with Crippen LogP contribution in [0.15, 0.2) is 79.1 Å². The van der Waals surface area contributed by atoms with Crippen LogP contribution in [0.2, 0.25) is 0 Å². The molecular weight excluding hydrogens is 414 g/mol. The lowest BCUT2D eigenvalue weighted by Crippen LogP contribution is -2.49. The van der Waals surface area contributed by atoms with Gasteiger partial charge in [0.1, 0.15) is 6.33 Å². The highest BCUT2D eigenvalue weighted by atomic mass is 16.2. The quantitative estimate of drug-likeness (QED) is 0.433. The van der Waals surface area contributed by atoms with Crippen LogP contribution in [0.25, 0.3) is 27.6 Å². The van der Waals surface area contributed by atoms with Crippen LogP contribution in [0.3, 0.4) is 0 Å². The topological polar surface area (TPSA) is 80.0 Å². The highest BCUT2D eigenvalue weighted by Gasteiger charge is 2.25. The minimum absolute atomic E-state index is 0.0586. The normalized spacial score (nSPS) is 14.2. The molecule has 1 amide bonds. The van der Waals surface area contributed by atoms with E-state index in [9.17, 15) is 4.79 Å². The Morgan fingerprint density at radius 1 is 0.788 bits per heavy atom. The van der Waals surface area contributed by atoms with E-state index in [0.717, 1.165) is 27.8 Å². The van der Waals surface area contributed by atoms with E-state index in [2.05, 4.69) is 31.2 Å². The van der Waals surface area contributed by atoms with E-state index in [0.29, 0.717) is 37.3 Å². The molecule has 162 valence electrons. The minimum Gasteiger partial charge on any atom is -0.351 e. The number of hydrogen-bond acceptors (Lipinski definition) is 6. The van der Waals surface area contributed by atoms with Gasteiger partial charge in [0, 0.05) is 31.7 Å². The van der Waals surface area contributed by atoms with E-state index in [1.54, 1.807) is 11.0 Å². The molecule has 1 aliphatic rings. The van der Waals surface area contributed by atoms with Gasteiger partial charge in [0.05, 0.1) is 5.69 Å². The standard InChI is InChI=1S/C25H21N7O/c33-25(20-11-10-18-6-4-5-7-19(18)16-20)31-14-12-30(13-15-31)23-22-24(27-17-26-23)32(29-28-22)21-8-2-1-3-9-21/h1-11,16-17H,12-15H2. The van der Waals surface area contributed by atoms with Crippen LogP contribution in [0.4, 0.5) is 5.82 Å². The van der Waals surface area contributed by atoms with Crippen LogP contribution >= 0.6 is 0 Å². The second-order valence-electron chi connectivity index (χ2n) is 8.05. The summed E-state index contributed by atoms with van der Waals surface area (Å²) in [4.78, 5) is 26.1. The van der Waals surface area contributed by atoms with Crippen molar-refractivity contribution in [2.75, 3.05) is 31.1 Å². The fraction of sp³-hybridized carbons (Fsp3) is 0.160. The maximum Gasteiger partial charge on any atom is 0.253 e. The summed E-state index contributed by atoms with van der Waals surface area (Å²) in [5, 5.41) is 10.9. The number of hydrogen-bond donors (Lipinski definition) is 0. The van der Waals surface area contributed by atoms with E-state index in [4.69, 9.17) is 0 Å². The van der Waals surface area contributed by atoms with Crippen LogP contribution < -0.4 is 4.90 Å². The fourth-order valence-corrected chi connectivity index (χ4v) is 4.34. The SMILES string of the molecule is O=C(c1ccc2ccccc2c1)N1CCN(c2ncnc3c2nnn3-c2ccccc2)CC1. The molecule has 0 saturated carbocycles. The van der Waals surface area contributed by atoms with Gasteiger partial charge in [-0.15, -0.1) is 5.10 Å². The van der Waals surface area contributed by atoms with Crippen LogP contribution in [-0.4, -0.2) is 61.9 Å². The summed E-state index contributed by atoms with van der Waals surface area (Å²) in [6.45, 7) is 2.57. The molecule has 3 heterocycles. The first-order valence-electron chi connectivity index (χ1n) is 10.9. The maximum absolute atomic E-state index is 13.1. The van der Waals surface area contributed by atoms with Crippen LogP contribution in [0.5, 0.6) is 0 Å². The number of para-hydroxylation sites is 1. The number of aromatic nitrogens is 5. The fourth-order valence-electron chi connectivity index (χ4n) is 4.34. The first kappa shape index (κ1) is 19.4. The van der Waals surface area contributed by atoms with Crippen molar-refractivity contribution in [3.05, 3.63) is 84.7 Å². The highest BCUT2D eigenvalue weighted by molar-refractivity contribution is 5.98. The minimum atomic E-state index is 0.0586. The summed E-state index contributed by atoms with van der Waals surface area (Å²) < 4.78 is 1.72. The van der Waals surface area contributed by atoms with Gasteiger partial charge in [-0.1, -0.05) is 53.7 Å². The molecule has 3 aromatic carbocycles. The molecule has 2 aromatic heterocycles. The van der Waals surface area contributed by atoms with Gasteiger partial charge in [-0.05, 0) is 35.0 Å². The first-order valence-corrected chi connectivity index (χ1v) is 10.9. The van der Waals surface area contributed by atoms with Crippen molar-refractivity contribution in [1.82, 2.24) is 29.9 Å². The number of anilines is 1. The summed E-state index contributed by atoms with van der Waals surface area (Å²) in [6, 6.07) is 23.8. The predicted molar refractivity (Wildman–Crippen MR) is 127 cm³/mol. The third-order valence-corrected chi connectivity index (χ3v) is 6.08. The number of nitrogens with zero attached hydrogens (tertiary/aromatic N) is 7. The highest BCUT2D eigenvalue weighted by Crippen LogP contribution is 2.24. The van der Waals surface area contributed by atoms with Crippen molar-refractivity contribution in [2.24, 2.45) is 0 Å². The van der Waals surface area contributed by atoms with E-state index < -0.39 is 0 Å². The monoisotopic (exact) mass is 435 g/mol. The number of carbonyl (C=O) groups is 1. The lowest BCUT2D eigenvalue weighted by molar-refractivity contribution is 0.0747. The Morgan fingerprint density at radius 2 is 1.55 bits per heavy atom. The van der Waals surface area contributed by atoms with Gasteiger partial charge < -0.3 is 9.80 Å². The molecule has 0 spiro atoms. The number of carbonyl (C=O) groups excluding carboxylic acids is 1. The van der Waals surface area contributed by atoms with Crippen molar-refractivity contribution in [3.63, 3.8) is 0 Å². The van der Waals surface area contributed by atoms with Gasteiger partial charge in [0.15, 0.2) is 17.0 Å². The average molecular weight is 435 g/mol. The smallest absolute Gasteiger partial charge is 0.253 e. The van der Waals surface area contributed by atoms with Crippen molar-refractivity contribution in [1.29, 1.82) is 0 Å². The Hall–Kier alpha value is -4.33. The molecule has 0 unspecified atom stereocenters. The molecule has 8 nitrogen and oxygen atoms in total. The zero-order chi connectivity index (χ0) is 22.2. The lowest BCUT2D eigenvalue weighted by Gasteiger charge is -2.35. The van der Waals surface area contributed by atoms with Gasteiger partial charge in [-0.3, -0.25) is 4.79 Å². The van der Waals surface area contributed by atoms with Gasteiger partial charge in [0.25, 0.3) is 5.91 Å². The molecule has 8 heteroatoms. The third-order valence-electron chi connectivity index (χ3n) is 6.08. The van der Waals surface area contributed by atoms with Crippen LogP contribution in [0, 0.1) is 0 Å². The largest absolute Gasteiger partial charge is 0.351 e. The van der Waals surface area contributed by atoms with E-state index in [-0.39, 0.29) is 5.91 Å². The molecule has 1 fully saturated rings. The van der Waals surface area contributed by atoms with Crippen molar-refractivity contribution < 1.29 is 4.79 Å². The molecule has 5 aromatic rings. The third kappa shape index (κ3) is 3.45. The molecule has 1 aliphatic heterocycles.